The number of rotatable bonds is 2. The maximum atomic E-state index is 12.5. The highest BCUT2D eigenvalue weighted by Crippen LogP contribution is 2.14. The van der Waals surface area contributed by atoms with Crippen LogP contribution in [0.25, 0.3) is 0 Å². The number of amides is 2. The second kappa shape index (κ2) is 7.44. The molecule has 2 amide bonds. The van der Waals surface area contributed by atoms with E-state index in [4.69, 9.17) is 10.00 Å². The van der Waals surface area contributed by atoms with Gasteiger partial charge >= 0.3 is 6.03 Å². The smallest absolute Gasteiger partial charge is 0.320 e. The van der Waals surface area contributed by atoms with Gasteiger partial charge in [0.15, 0.2) is 0 Å². The molecule has 0 aliphatic carbocycles. The Labute approximate surface area is 136 Å². The Kier molecular flexibility index (Phi) is 5.11. The van der Waals surface area contributed by atoms with Crippen molar-refractivity contribution in [1.82, 2.24) is 14.7 Å². The fraction of sp³-hybridized carbons (Fsp3) is 0.529. The number of hydrogen-bond donors (Lipinski definition) is 0. The number of ether oxygens (including phenoxy) is 1. The number of carbonyl (C=O) groups excluding carboxylic acids is 1. The van der Waals surface area contributed by atoms with Gasteiger partial charge in [-0.05, 0) is 11.6 Å². The molecule has 0 unspecified atom stereocenters. The molecule has 0 aromatic heterocycles. The zero-order chi connectivity index (χ0) is 16.1. The van der Waals surface area contributed by atoms with Crippen LogP contribution in [0.4, 0.5) is 4.79 Å². The van der Waals surface area contributed by atoms with Crippen LogP contribution in [0.5, 0.6) is 0 Å². The van der Waals surface area contributed by atoms with Gasteiger partial charge in [0, 0.05) is 45.8 Å². The van der Waals surface area contributed by atoms with Crippen LogP contribution in [0.2, 0.25) is 0 Å². The van der Waals surface area contributed by atoms with Crippen molar-refractivity contribution in [3.63, 3.8) is 0 Å². The number of benzene rings is 1. The molecule has 0 spiro atoms. The quantitative estimate of drug-likeness (QED) is 0.821. The van der Waals surface area contributed by atoms with Crippen LogP contribution >= 0.6 is 0 Å². The van der Waals surface area contributed by atoms with E-state index in [1.54, 1.807) is 0 Å². The molecule has 1 aromatic carbocycles. The molecule has 2 heterocycles. The molecule has 3 rings (SSSR count). The molecule has 2 aliphatic rings. The Morgan fingerprint density at radius 3 is 2.39 bits per heavy atom. The summed E-state index contributed by atoms with van der Waals surface area (Å²) in [6.07, 6.45) is 0. The molecule has 2 saturated heterocycles. The summed E-state index contributed by atoms with van der Waals surface area (Å²) in [6.45, 7) is 6.58. The molecule has 122 valence electrons. The summed E-state index contributed by atoms with van der Waals surface area (Å²) in [4.78, 5) is 18.6. The lowest BCUT2D eigenvalue weighted by Crippen LogP contribution is -2.54. The Morgan fingerprint density at radius 2 is 1.70 bits per heavy atom. The monoisotopic (exact) mass is 314 g/mol. The summed E-state index contributed by atoms with van der Waals surface area (Å²) in [5, 5.41) is 9.17. The van der Waals surface area contributed by atoms with Gasteiger partial charge in [0.2, 0.25) is 0 Å². The molecule has 6 heteroatoms. The van der Waals surface area contributed by atoms with Crippen molar-refractivity contribution in [1.29, 1.82) is 5.26 Å². The fourth-order valence-electron chi connectivity index (χ4n) is 3.06. The van der Waals surface area contributed by atoms with Crippen molar-refractivity contribution in [2.45, 2.75) is 6.54 Å². The molecule has 0 saturated carbocycles. The minimum atomic E-state index is 0.130. The number of hydrogen-bond acceptors (Lipinski definition) is 4. The highest BCUT2D eigenvalue weighted by Gasteiger charge is 2.26. The SMILES string of the molecule is N#Cc1ccccc1CN1CCN(C(=O)N2CCOCC2)CC1. The van der Waals surface area contributed by atoms with Crippen LogP contribution in [0.15, 0.2) is 24.3 Å². The van der Waals surface area contributed by atoms with Gasteiger partial charge in [-0.2, -0.15) is 5.26 Å². The van der Waals surface area contributed by atoms with Crippen LogP contribution in [0.1, 0.15) is 11.1 Å². The average molecular weight is 314 g/mol. The van der Waals surface area contributed by atoms with Crippen molar-refractivity contribution >= 4 is 6.03 Å². The first-order valence-electron chi connectivity index (χ1n) is 8.10. The minimum Gasteiger partial charge on any atom is -0.378 e. The Balaban J connectivity index is 1.52. The van der Waals surface area contributed by atoms with Gasteiger partial charge in [-0.25, -0.2) is 4.79 Å². The average Bonchev–Trinajstić information content (AvgIpc) is 2.63. The first-order chi connectivity index (χ1) is 11.3. The third kappa shape index (κ3) is 3.81. The van der Waals surface area contributed by atoms with Gasteiger partial charge in [-0.15, -0.1) is 0 Å². The van der Waals surface area contributed by atoms with Crippen LogP contribution in [-0.4, -0.2) is 73.2 Å². The lowest BCUT2D eigenvalue weighted by Gasteiger charge is -2.38. The van der Waals surface area contributed by atoms with Crippen molar-refractivity contribution in [2.75, 3.05) is 52.5 Å². The molecule has 6 nitrogen and oxygen atoms in total. The third-order valence-corrected chi connectivity index (χ3v) is 4.46. The first-order valence-corrected chi connectivity index (χ1v) is 8.10. The van der Waals surface area contributed by atoms with Crippen LogP contribution < -0.4 is 0 Å². The van der Waals surface area contributed by atoms with E-state index in [0.29, 0.717) is 26.3 Å². The van der Waals surface area contributed by atoms with E-state index < -0.39 is 0 Å². The fourth-order valence-corrected chi connectivity index (χ4v) is 3.06. The van der Waals surface area contributed by atoms with Gasteiger partial charge in [-0.1, -0.05) is 18.2 Å². The molecular formula is C17H22N4O2. The Morgan fingerprint density at radius 1 is 1.04 bits per heavy atom. The first kappa shape index (κ1) is 15.8. The molecule has 0 N–H and O–H groups in total. The van der Waals surface area contributed by atoms with Gasteiger partial charge in [0.25, 0.3) is 0 Å². The molecule has 0 bridgehead atoms. The maximum absolute atomic E-state index is 12.5. The van der Waals surface area contributed by atoms with E-state index in [0.717, 1.165) is 43.9 Å². The summed E-state index contributed by atoms with van der Waals surface area (Å²) in [7, 11) is 0. The van der Waals surface area contributed by atoms with E-state index in [1.165, 1.54) is 0 Å². The number of nitrogens with zero attached hydrogens (tertiary/aromatic N) is 4. The van der Waals surface area contributed by atoms with Crippen LogP contribution in [0.3, 0.4) is 0 Å². The van der Waals surface area contributed by atoms with Gasteiger partial charge < -0.3 is 14.5 Å². The van der Waals surface area contributed by atoms with Crippen LogP contribution in [-0.2, 0) is 11.3 Å². The molecule has 2 aliphatic heterocycles. The second-order valence-electron chi connectivity index (χ2n) is 5.91. The summed E-state index contributed by atoms with van der Waals surface area (Å²) < 4.78 is 5.30. The molecule has 2 fully saturated rings. The van der Waals surface area contributed by atoms with E-state index in [-0.39, 0.29) is 6.03 Å². The standard InChI is InChI=1S/C17H22N4O2/c18-13-15-3-1-2-4-16(15)14-19-5-7-20(8-6-19)17(22)21-9-11-23-12-10-21/h1-4H,5-12,14H2. The van der Waals surface area contributed by atoms with Crippen LogP contribution in [0, 0.1) is 11.3 Å². The van der Waals surface area contributed by atoms with Gasteiger partial charge in [0.1, 0.15) is 0 Å². The number of piperazine rings is 1. The summed E-state index contributed by atoms with van der Waals surface area (Å²) in [5.41, 5.74) is 1.79. The Hall–Kier alpha value is -2.10. The molecule has 0 radical (unpaired) electrons. The number of morpholine rings is 1. The molecule has 1 aromatic rings. The lowest BCUT2D eigenvalue weighted by atomic mass is 10.1. The topological polar surface area (TPSA) is 59.8 Å². The third-order valence-electron chi connectivity index (χ3n) is 4.46. The highest BCUT2D eigenvalue weighted by molar-refractivity contribution is 5.74. The van der Waals surface area contributed by atoms with Crippen molar-refractivity contribution in [3.8, 4) is 6.07 Å². The molecular weight excluding hydrogens is 292 g/mol. The Bertz CT molecular complexity index is 585. The largest absolute Gasteiger partial charge is 0.378 e. The molecule has 0 atom stereocenters. The summed E-state index contributed by atoms with van der Waals surface area (Å²) in [5.74, 6) is 0. The second-order valence-corrected chi connectivity index (χ2v) is 5.91. The number of nitriles is 1. The van der Waals surface area contributed by atoms with Crippen molar-refractivity contribution in [3.05, 3.63) is 35.4 Å². The molecule has 23 heavy (non-hydrogen) atoms. The highest BCUT2D eigenvalue weighted by atomic mass is 16.5. The minimum absolute atomic E-state index is 0.130. The maximum Gasteiger partial charge on any atom is 0.320 e. The zero-order valence-corrected chi connectivity index (χ0v) is 13.3. The van der Waals surface area contributed by atoms with Crippen molar-refractivity contribution < 1.29 is 9.53 Å². The predicted octanol–water partition coefficient (Wildman–Crippen LogP) is 1.13. The number of urea groups is 1. The van der Waals surface area contributed by atoms with Gasteiger partial charge in [0.05, 0.1) is 24.8 Å². The van der Waals surface area contributed by atoms with E-state index in [9.17, 15) is 4.79 Å². The predicted molar refractivity (Wildman–Crippen MR) is 85.8 cm³/mol. The summed E-state index contributed by atoms with van der Waals surface area (Å²) >= 11 is 0. The van der Waals surface area contributed by atoms with E-state index in [2.05, 4.69) is 11.0 Å². The zero-order valence-electron chi connectivity index (χ0n) is 13.3. The van der Waals surface area contributed by atoms with Gasteiger partial charge in [-0.3, -0.25) is 4.90 Å². The van der Waals surface area contributed by atoms with E-state index >= 15 is 0 Å². The lowest BCUT2D eigenvalue weighted by molar-refractivity contribution is 0.0373. The van der Waals surface area contributed by atoms with E-state index in [1.807, 2.05) is 34.1 Å². The normalized spacial score (nSPS) is 19.4. The number of carbonyl (C=O) groups is 1. The summed E-state index contributed by atoms with van der Waals surface area (Å²) in [6, 6.07) is 10.1. The van der Waals surface area contributed by atoms with Crippen molar-refractivity contribution in [2.24, 2.45) is 0 Å².